The second-order valence-electron chi connectivity index (χ2n) is 7.82. The number of ether oxygens (including phenoxy) is 1. The normalized spacial score (nSPS) is 11.0. The molecule has 150 valence electrons. The van der Waals surface area contributed by atoms with E-state index < -0.39 is 0 Å². The van der Waals surface area contributed by atoms with E-state index >= 15 is 0 Å². The Labute approximate surface area is 163 Å². The Morgan fingerprint density at radius 1 is 0.500 bits per heavy atom. The van der Waals surface area contributed by atoms with Crippen molar-refractivity contribution >= 4 is 0 Å². The van der Waals surface area contributed by atoms with Gasteiger partial charge in [0.2, 0.25) is 0 Å². The fourth-order valence-electron chi connectivity index (χ4n) is 3.53. The lowest BCUT2D eigenvalue weighted by atomic mass is 10.0. The van der Waals surface area contributed by atoms with Gasteiger partial charge >= 0.3 is 0 Å². The van der Waals surface area contributed by atoms with E-state index in [0.29, 0.717) is 0 Å². The van der Waals surface area contributed by atoms with E-state index in [1.54, 1.807) is 0 Å². The summed E-state index contributed by atoms with van der Waals surface area (Å²) >= 11 is 0. The van der Waals surface area contributed by atoms with Gasteiger partial charge in [-0.3, -0.25) is 0 Å². The third-order valence-electron chi connectivity index (χ3n) is 5.26. The topological polar surface area (TPSA) is 9.23 Å². The van der Waals surface area contributed by atoms with E-state index in [-0.39, 0.29) is 0 Å². The van der Waals surface area contributed by atoms with E-state index in [1.165, 1.54) is 109 Å². The Hall–Kier alpha value is -0.980. The summed E-state index contributed by atoms with van der Waals surface area (Å²) < 4.78 is 5.73. The minimum Gasteiger partial charge on any atom is -0.494 e. The predicted octanol–water partition coefficient (Wildman–Crippen LogP) is 8.72. The van der Waals surface area contributed by atoms with Crippen molar-refractivity contribution in [2.24, 2.45) is 0 Å². The van der Waals surface area contributed by atoms with Crippen LogP contribution in [0.3, 0.4) is 0 Å². The monoisotopic (exact) mass is 360 g/mol. The standard InChI is InChI=1S/C25H44O/c1-2-3-4-5-6-7-8-9-10-11-12-13-14-15-16-17-21-24-26-25-22-19-18-20-23-25/h18-20,22-23H,2-17,21,24H2,1H3. The van der Waals surface area contributed by atoms with Gasteiger partial charge < -0.3 is 4.74 Å². The molecule has 0 aliphatic carbocycles. The van der Waals surface area contributed by atoms with Crippen molar-refractivity contribution in [2.75, 3.05) is 6.61 Å². The lowest BCUT2D eigenvalue weighted by Crippen LogP contribution is -1.96. The first-order valence-corrected chi connectivity index (χ1v) is 11.6. The van der Waals surface area contributed by atoms with Gasteiger partial charge in [0.15, 0.2) is 0 Å². The van der Waals surface area contributed by atoms with Crippen molar-refractivity contribution in [2.45, 2.75) is 116 Å². The minimum absolute atomic E-state index is 0.864. The zero-order chi connectivity index (χ0) is 18.5. The van der Waals surface area contributed by atoms with Crippen molar-refractivity contribution < 1.29 is 4.74 Å². The highest BCUT2D eigenvalue weighted by Gasteiger charge is 1.95. The zero-order valence-electron chi connectivity index (χ0n) is 17.5. The average molecular weight is 361 g/mol. The summed E-state index contributed by atoms with van der Waals surface area (Å²) in [6.07, 6.45) is 24.1. The van der Waals surface area contributed by atoms with Gasteiger partial charge in [0.1, 0.15) is 5.75 Å². The fourth-order valence-corrected chi connectivity index (χ4v) is 3.53. The Morgan fingerprint density at radius 2 is 0.885 bits per heavy atom. The number of rotatable bonds is 19. The average Bonchev–Trinajstić information content (AvgIpc) is 2.68. The second kappa shape index (κ2) is 18.8. The van der Waals surface area contributed by atoms with Crippen LogP contribution in [0.1, 0.15) is 116 Å². The fraction of sp³-hybridized carbons (Fsp3) is 0.760. The maximum absolute atomic E-state index is 5.73. The highest BCUT2D eigenvalue weighted by Crippen LogP contribution is 2.14. The summed E-state index contributed by atoms with van der Waals surface area (Å²) in [5.41, 5.74) is 0. The van der Waals surface area contributed by atoms with Gasteiger partial charge in [-0.2, -0.15) is 0 Å². The maximum atomic E-state index is 5.73. The maximum Gasteiger partial charge on any atom is 0.119 e. The number of para-hydroxylation sites is 1. The van der Waals surface area contributed by atoms with Crippen molar-refractivity contribution in [1.82, 2.24) is 0 Å². The molecule has 0 bridgehead atoms. The van der Waals surface area contributed by atoms with Crippen LogP contribution in [0.15, 0.2) is 30.3 Å². The Bertz CT molecular complexity index is 373. The van der Waals surface area contributed by atoms with E-state index in [4.69, 9.17) is 4.74 Å². The third-order valence-corrected chi connectivity index (χ3v) is 5.26. The van der Waals surface area contributed by atoms with Crippen LogP contribution < -0.4 is 4.74 Å². The van der Waals surface area contributed by atoms with E-state index in [9.17, 15) is 0 Å². The number of hydrogen-bond acceptors (Lipinski definition) is 1. The molecule has 0 spiro atoms. The molecule has 0 amide bonds. The minimum atomic E-state index is 0.864. The van der Waals surface area contributed by atoms with Gasteiger partial charge in [0.05, 0.1) is 6.61 Å². The molecule has 0 radical (unpaired) electrons. The van der Waals surface area contributed by atoms with Crippen molar-refractivity contribution in [3.63, 3.8) is 0 Å². The van der Waals surface area contributed by atoms with Crippen LogP contribution in [0.25, 0.3) is 0 Å². The molecule has 1 nitrogen and oxygen atoms in total. The molecule has 0 unspecified atom stereocenters. The van der Waals surface area contributed by atoms with Crippen molar-refractivity contribution in [3.8, 4) is 5.75 Å². The molecule has 1 heteroatoms. The van der Waals surface area contributed by atoms with E-state index in [1.807, 2.05) is 30.3 Å². The first-order valence-electron chi connectivity index (χ1n) is 11.6. The van der Waals surface area contributed by atoms with Crippen LogP contribution in [0.4, 0.5) is 0 Å². The molecule has 1 rings (SSSR count). The van der Waals surface area contributed by atoms with Gasteiger partial charge in [-0.05, 0) is 18.6 Å². The molecule has 0 atom stereocenters. The number of unbranched alkanes of at least 4 members (excludes halogenated alkanes) is 16. The van der Waals surface area contributed by atoms with Gasteiger partial charge in [-0.15, -0.1) is 0 Å². The third kappa shape index (κ3) is 15.3. The van der Waals surface area contributed by atoms with Crippen LogP contribution in [0.5, 0.6) is 5.75 Å². The highest BCUT2D eigenvalue weighted by atomic mass is 16.5. The molecule has 0 fully saturated rings. The number of benzene rings is 1. The molecule has 0 saturated heterocycles. The molecule has 0 aliphatic heterocycles. The highest BCUT2D eigenvalue weighted by molar-refractivity contribution is 5.20. The molecular weight excluding hydrogens is 316 g/mol. The summed E-state index contributed by atoms with van der Waals surface area (Å²) in [6.45, 7) is 3.16. The quantitative estimate of drug-likeness (QED) is 0.224. The summed E-state index contributed by atoms with van der Waals surface area (Å²) in [4.78, 5) is 0. The Morgan fingerprint density at radius 3 is 1.31 bits per heavy atom. The second-order valence-corrected chi connectivity index (χ2v) is 7.82. The largest absolute Gasteiger partial charge is 0.494 e. The van der Waals surface area contributed by atoms with E-state index in [0.717, 1.165) is 12.4 Å². The van der Waals surface area contributed by atoms with Crippen molar-refractivity contribution in [1.29, 1.82) is 0 Å². The SMILES string of the molecule is CCCCCCCCCCCCCCCCCCCOc1ccccc1. The summed E-state index contributed by atoms with van der Waals surface area (Å²) in [6, 6.07) is 10.2. The summed E-state index contributed by atoms with van der Waals surface area (Å²) in [7, 11) is 0. The van der Waals surface area contributed by atoms with E-state index in [2.05, 4.69) is 6.92 Å². The first kappa shape index (κ1) is 23.1. The summed E-state index contributed by atoms with van der Waals surface area (Å²) in [5.74, 6) is 1.00. The number of hydrogen-bond donors (Lipinski definition) is 0. The molecule has 0 aromatic heterocycles. The predicted molar refractivity (Wildman–Crippen MR) is 116 cm³/mol. The molecule has 1 aromatic rings. The molecule has 0 aliphatic rings. The Kier molecular flexibility index (Phi) is 16.7. The van der Waals surface area contributed by atoms with Crippen LogP contribution in [0, 0.1) is 0 Å². The smallest absolute Gasteiger partial charge is 0.119 e. The van der Waals surface area contributed by atoms with Crippen LogP contribution in [-0.4, -0.2) is 6.61 Å². The lowest BCUT2D eigenvalue weighted by Gasteiger charge is -2.06. The van der Waals surface area contributed by atoms with Gasteiger partial charge in [-0.1, -0.05) is 128 Å². The Balaban J connectivity index is 1.68. The molecule has 26 heavy (non-hydrogen) atoms. The van der Waals surface area contributed by atoms with Crippen molar-refractivity contribution in [3.05, 3.63) is 30.3 Å². The van der Waals surface area contributed by atoms with Crippen LogP contribution >= 0.6 is 0 Å². The zero-order valence-corrected chi connectivity index (χ0v) is 17.5. The molecule has 0 saturated carbocycles. The molecule has 0 N–H and O–H groups in total. The first-order chi connectivity index (χ1) is 12.9. The van der Waals surface area contributed by atoms with Gasteiger partial charge in [0.25, 0.3) is 0 Å². The summed E-state index contributed by atoms with van der Waals surface area (Å²) in [5, 5.41) is 0. The van der Waals surface area contributed by atoms with Crippen LogP contribution in [0.2, 0.25) is 0 Å². The molecule has 0 heterocycles. The van der Waals surface area contributed by atoms with Gasteiger partial charge in [0, 0.05) is 0 Å². The molecular formula is C25H44O. The lowest BCUT2D eigenvalue weighted by molar-refractivity contribution is 0.304. The molecule has 1 aromatic carbocycles. The van der Waals surface area contributed by atoms with Crippen LogP contribution in [-0.2, 0) is 0 Å². The van der Waals surface area contributed by atoms with Gasteiger partial charge in [-0.25, -0.2) is 0 Å².